The highest BCUT2D eigenvalue weighted by molar-refractivity contribution is 6.42. The van der Waals surface area contributed by atoms with Crippen LogP contribution in [0.4, 0.5) is 0 Å². The van der Waals surface area contributed by atoms with Crippen molar-refractivity contribution >= 4 is 23.5 Å². The summed E-state index contributed by atoms with van der Waals surface area (Å²) in [6.07, 6.45) is 7.11. The third kappa shape index (κ3) is 9.93. The predicted octanol–water partition coefficient (Wildman–Crippen LogP) is 3.14. The lowest BCUT2D eigenvalue weighted by molar-refractivity contribution is -0.167. The number of unbranched alkanes of at least 4 members (excludes halogenated alkanes) is 6. The highest BCUT2D eigenvalue weighted by Crippen LogP contribution is 2.05. The molecule has 0 aliphatic carbocycles. The summed E-state index contributed by atoms with van der Waals surface area (Å²) in [5.74, 6) is -3.90. The van der Waals surface area contributed by atoms with Crippen molar-refractivity contribution in [3.05, 3.63) is 0 Å². The lowest BCUT2D eigenvalue weighted by atomic mass is 10.1. The van der Waals surface area contributed by atoms with Crippen molar-refractivity contribution in [3.8, 4) is 0 Å². The Morgan fingerprint density at radius 2 is 1.00 bits per heavy atom. The molecule has 21 heavy (non-hydrogen) atoms. The van der Waals surface area contributed by atoms with Crippen LogP contribution in [0.15, 0.2) is 0 Å². The standard InChI is InChI=1S/C16H26O5/c1-3-5-7-9-11-13(17)15(19)21-16(20)14(18)12-10-8-6-4-2/h3-12H2,1-2H3. The number of rotatable bonds is 12. The maximum Gasteiger partial charge on any atom is 0.382 e. The summed E-state index contributed by atoms with van der Waals surface area (Å²) in [5, 5.41) is 0. The van der Waals surface area contributed by atoms with Gasteiger partial charge in [0.25, 0.3) is 0 Å². The Morgan fingerprint density at radius 1 is 0.619 bits per heavy atom. The Balaban J connectivity index is 3.93. The zero-order chi connectivity index (χ0) is 16.1. The van der Waals surface area contributed by atoms with Gasteiger partial charge in [-0.3, -0.25) is 9.59 Å². The molecule has 0 amide bonds. The molecule has 0 saturated carbocycles. The van der Waals surface area contributed by atoms with Gasteiger partial charge in [0.05, 0.1) is 0 Å². The van der Waals surface area contributed by atoms with Gasteiger partial charge in [0.1, 0.15) is 0 Å². The van der Waals surface area contributed by atoms with Crippen molar-refractivity contribution in [2.24, 2.45) is 0 Å². The van der Waals surface area contributed by atoms with Gasteiger partial charge in [-0.05, 0) is 12.8 Å². The number of esters is 2. The summed E-state index contributed by atoms with van der Waals surface area (Å²) >= 11 is 0. The van der Waals surface area contributed by atoms with Gasteiger partial charge < -0.3 is 4.74 Å². The molecule has 0 N–H and O–H groups in total. The van der Waals surface area contributed by atoms with Gasteiger partial charge >= 0.3 is 11.9 Å². The summed E-state index contributed by atoms with van der Waals surface area (Å²) in [4.78, 5) is 45.6. The number of carbonyl (C=O) groups is 4. The van der Waals surface area contributed by atoms with Crippen LogP contribution in [0.5, 0.6) is 0 Å². The monoisotopic (exact) mass is 298 g/mol. The summed E-state index contributed by atoms with van der Waals surface area (Å²) in [6.45, 7) is 4.09. The molecule has 0 saturated heterocycles. The van der Waals surface area contributed by atoms with Gasteiger partial charge in [0, 0.05) is 12.8 Å². The van der Waals surface area contributed by atoms with Crippen molar-refractivity contribution in [2.75, 3.05) is 0 Å². The molecule has 0 heterocycles. The lowest BCUT2D eigenvalue weighted by Crippen LogP contribution is -2.26. The molecule has 0 aromatic rings. The predicted molar refractivity (Wildman–Crippen MR) is 78.6 cm³/mol. The van der Waals surface area contributed by atoms with Crippen LogP contribution >= 0.6 is 0 Å². The minimum Gasteiger partial charge on any atom is -0.381 e. The van der Waals surface area contributed by atoms with Gasteiger partial charge in [-0.2, -0.15) is 0 Å². The Hall–Kier alpha value is -1.52. The lowest BCUT2D eigenvalue weighted by Gasteiger charge is -2.02. The Morgan fingerprint density at radius 3 is 1.33 bits per heavy atom. The number of carbonyl (C=O) groups excluding carboxylic acids is 4. The zero-order valence-corrected chi connectivity index (χ0v) is 13.1. The van der Waals surface area contributed by atoms with Crippen LogP contribution in [-0.2, 0) is 23.9 Å². The molecule has 120 valence electrons. The molecule has 0 rings (SSSR count). The van der Waals surface area contributed by atoms with E-state index >= 15 is 0 Å². The molecular weight excluding hydrogens is 272 g/mol. The van der Waals surface area contributed by atoms with Crippen LogP contribution in [0.2, 0.25) is 0 Å². The fraction of sp³-hybridized carbons (Fsp3) is 0.750. The van der Waals surface area contributed by atoms with Crippen LogP contribution in [0, 0.1) is 0 Å². The topological polar surface area (TPSA) is 77.5 Å². The van der Waals surface area contributed by atoms with Crippen molar-refractivity contribution in [1.82, 2.24) is 0 Å². The molecule has 0 bridgehead atoms. The molecule has 0 fully saturated rings. The van der Waals surface area contributed by atoms with E-state index in [9.17, 15) is 19.2 Å². The fourth-order valence-electron chi connectivity index (χ4n) is 1.83. The number of ketones is 2. The van der Waals surface area contributed by atoms with Crippen LogP contribution in [-0.4, -0.2) is 23.5 Å². The second-order valence-electron chi connectivity index (χ2n) is 5.14. The minimum absolute atomic E-state index is 0.0663. The molecular formula is C16H26O5. The first-order valence-corrected chi connectivity index (χ1v) is 7.85. The zero-order valence-electron chi connectivity index (χ0n) is 13.1. The third-order valence-corrected chi connectivity index (χ3v) is 3.16. The fourth-order valence-corrected chi connectivity index (χ4v) is 1.83. The van der Waals surface area contributed by atoms with Gasteiger partial charge in [0.2, 0.25) is 11.6 Å². The molecule has 0 unspecified atom stereocenters. The second kappa shape index (κ2) is 12.2. The molecule has 0 aromatic carbocycles. The Labute approximate surface area is 126 Å². The van der Waals surface area contributed by atoms with Crippen LogP contribution < -0.4 is 0 Å². The van der Waals surface area contributed by atoms with Crippen LogP contribution in [0.1, 0.15) is 78.1 Å². The van der Waals surface area contributed by atoms with E-state index in [1.807, 2.05) is 13.8 Å². The van der Waals surface area contributed by atoms with E-state index in [-0.39, 0.29) is 12.8 Å². The Kier molecular flexibility index (Phi) is 11.4. The smallest absolute Gasteiger partial charge is 0.381 e. The minimum atomic E-state index is -1.21. The highest BCUT2D eigenvalue weighted by Gasteiger charge is 2.23. The van der Waals surface area contributed by atoms with E-state index in [2.05, 4.69) is 4.74 Å². The van der Waals surface area contributed by atoms with E-state index in [4.69, 9.17) is 0 Å². The van der Waals surface area contributed by atoms with Crippen molar-refractivity contribution < 1.29 is 23.9 Å². The quantitative estimate of drug-likeness (QED) is 0.239. The number of ether oxygens (including phenoxy) is 1. The Bertz CT molecular complexity index is 326. The largest absolute Gasteiger partial charge is 0.382 e. The maximum atomic E-state index is 11.4. The molecule has 5 heteroatoms. The average molecular weight is 298 g/mol. The normalized spacial score (nSPS) is 10.2. The average Bonchev–Trinajstić information content (AvgIpc) is 2.47. The maximum absolute atomic E-state index is 11.4. The third-order valence-electron chi connectivity index (χ3n) is 3.16. The summed E-state index contributed by atoms with van der Waals surface area (Å²) in [6, 6.07) is 0. The van der Waals surface area contributed by atoms with Gasteiger partial charge in [0.15, 0.2) is 0 Å². The first kappa shape index (κ1) is 19.5. The van der Waals surface area contributed by atoms with Crippen LogP contribution in [0.25, 0.3) is 0 Å². The number of hydrogen-bond donors (Lipinski definition) is 0. The van der Waals surface area contributed by atoms with Gasteiger partial charge in [-0.1, -0.05) is 52.4 Å². The molecule has 0 aliphatic heterocycles. The summed E-state index contributed by atoms with van der Waals surface area (Å²) < 4.78 is 4.31. The molecule has 0 radical (unpaired) electrons. The first-order chi connectivity index (χ1) is 10.0. The number of Topliss-reactive ketones (excluding diaryl/α,β-unsaturated/α-hetero) is 2. The summed E-state index contributed by atoms with van der Waals surface area (Å²) in [5.41, 5.74) is 0. The highest BCUT2D eigenvalue weighted by atomic mass is 16.6. The molecule has 0 atom stereocenters. The number of hydrogen-bond acceptors (Lipinski definition) is 5. The van der Waals surface area contributed by atoms with E-state index in [0.717, 1.165) is 38.5 Å². The van der Waals surface area contributed by atoms with Gasteiger partial charge in [-0.15, -0.1) is 0 Å². The van der Waals surface area contributed by atoms with E-state index < -0.39 is 23.5 Å². The molecule has 0 aromatic heterocycles. The van der Waals surface area contributed by atoms with E-state index in [0.29, 0.717) is 12.8 Å². The molecule has 0 spiro atoms. The molecule has 0 aliphatic rings. The van der Waals surface area contributed by atoms with Crippen molar-refractivity contribution in [3.63, 3.8) is 0 Å². The SMILES string of the molecule is CCCCCCC(=O)C(=O)OC(=O)C(=O)CCCCCC. The summed E-state index contributed by atoms with van der Waals surface area (Å²) in [7, 11) is 0. The van der Waals surface area contributed by atoms with Crippen molar-refractivity contribution in [2.45, 2.75) is 78.1 Å². The van der Waals surface area contributed by atoms with Crippen molar-refractivity contribution in [1.29, 1.82) is 0 Å². The first-order valence-electron chi connectivity index (χ1n) is 7.85. The van der Waals surface area contributed by atoms with E-state index in [1.54, 1.807) is 0 Å². The van der Waals surface area contributed by atoms with Crippen LogP contribution in [0.3, 0.4) is 0 Å². The molecule has 5 nitrogen and oxygen atoms in total. The van der Waals surface area contributed by atoms with Gasteiger partial charge in [-0.25, -0.2) is 9.59 Å². The second-order valence-corrected chi connectivity index (χ2v) is 5.14. The van der Waals surface area contributed by atoms with E-state index in [1.165, 1.54) is 0 Å².